The first-order valence-electron chi connectivity index (χ1n) is 4.66. The summed E-state index contributed by atoms with van der Waals surface area (Å²) in [4.78, 5) is 15.6. The Morgan fingerprint density at radius 1 is 1.47 bits per heavy atom. The van der Waals surface area contributed by atoms with Crippen molar-refractivity contribution in [3.63, 3.8) is 0 Å². The van der Waals surface area contributed by atoms with Crippen LogP contribution >= 0.6 is 0 Å². The van der Waals surface area contributed by atoms with Crippen LogP contribution in [0.5, 0.6) is 0 Å². The Labute approximate surface area is 87.5 Å². The molecule has 2 heterocycles. The Kier molecular flexibility index (Phi) is 2.19. The van der Waals surface area contributed by atoms with Crippen LogP contribution in [0.3, 0.4) is 0 Å². The molecule has 0 aliphatic rings. The number of methoxy groups -OCH3 is 1. The molecule has 0 spiro atoms. The van der Waals surface area contributed by atoms with E-state index in [2.05, 4.69) is 9.72 Å². The van der Waals surface area contributed by atoms with Gasteiger partial charge in [-0.15, -0.1) is 0 Å². The fourth-order valence-electron chi connectivity index (χ4n) is 1.61. The minimum absolute atomic E-state index is 0.353. The van der Waals surface area contributed by atoms with E-state index in [1.807, 2.05) is 30.5 Å². The number of esters is 1. The second-order valence-electron chi connectivity index (χ2n) is 3.49. The zero-order valence-corrected chi connectivity index (χ0v) is 8.94. The lowest BCUT2D eigenvalue weighted by Crippen LogP contribution is -2.08. The maximum atomic E-state index is 11.4. The number of hydrogen-bond donors (Lipinski definition) is 0. The first-order chi connectivity index (χ1) is 7.13. The Bertz CT molecular complexity index is 529. The van der Waals surface area contributed by atoms with E-state index in [0.29, 0.717) is 5.56 Å². The summed E-state index contributed by atoms with van der Waals surface area (Å²) in [5.74, 6) is -0.353. The van der Waals surface area contributed by atoms with Gasteiger partial charge in [-0.2, -0.15) is 0 Å². The number of aromatic nitrogens is 2. The van der Waals surface area contributed by atoms with Crippen LogP contribution in [0.15, 0.2) is 18.5 Å². The van der Waals surface area contributed by atoms with Crippen LogP contribution in [0.4, 0.5) is 0 Å². The fourth-order valence-corrected chi connectivity index (χ4v) is 1.61. The van der Waals surface area contributed by atoms with Crippen LogP contribution in [0.1, 0.15) is 21.6 Å². The van der Waals surface area contributed by atoms with Gasteiger partial charge in [-0.3, -0.25) is 0 Å². The van der Waals surface area contributed by atoms with Gasteiger partial charge >= 0.3 is 5.97 Å². The summed E-state index contributed by atoms with van der Waals surface area (Å²) in [6.45, 7) is 3.87. The second-order valence-corrected chi connectivity index (χ2v) is 3.49. The van der Waals surface area contributed by atoms with Gasteiger partial charge in [0.1, 0.15) is 5.65 Å². The van der Waals surface area contributed by atoms with Crippen molar-refractivity contribution < 1.29 is 9.53 Å². The molecular weight excluding hydrogens is 192 g/mol. The molecule has 0 atom stereocenters. The number of aryl methyl sites for hydroxylation is 2. The molecule has 0 saturated heterocycles. The van der Waals surface area contributed by atoms with Crippen molar-refractivity contribution >= 4 is 11.6 Å². The summed E-state index contributed by atoms with van der Waals surface area (Å²) in [5, 5.41) is 0. The molecule has 2 aromatic heterocycles. The van der Waals surface area contributed by atoms with Gasteiger partial charge in [-0.05, 0) is 25.5 Å². The predicted molar refractivity (Wildman–Crippen MR) is 56.0 cm³/mol. The number of rotatable bonds is 1. The van der Waals surface area contributed by atoms with E-state index < -0.39 is 0 Å². The summed E-state index contributed by atoms with van der Waals surface area (Å²) >= 11 is 0. The van der Waals surface area contributed by atoms with E-state index in [9.17, 15) is 4.79 Å². The van der Waals surface area contributed by atoms with Crippen molar-refractivity contribution in [2.75, 3.05) is 7.11 Å². The van der Waals surface area contributed by atoms with E-state index in [0.717, 1.165) is 16.9 Å². The van der Waals surface area contributed by atoms with Crippen molar-refractivity contribution in [3.8, 4) is 0 Å². The number of hydrogen-bond acceptors (Lipinski definition) is 3. The summed E-state index contributed by atoms with van der Waals surface area (Å²) in [7, 11) is 1.37. The molecular formula is C11H12N2O2. The Hall–Kier alpha value is -1.84. The van der Waals surface area contributed by atoms with Crippen LogP contribution in [-0.2, 0) is 4.74 Å². The Morgan fingerprint density at radius 2 is 2.20 bits per heavy atom. The minimum atomic E-state index is -0.353. The number of carbonyl (C=O) groups is 1. The van der Waals surface area contributed by atoms with Crippen molar-refractivity contribution in [1.29, 1.82) is 0 Å². The van der Waals surface area contributed by atoms with Crippen LogP contribution in [-0.4, -0.2) is 22.5 Å². The van der Waals surface area contributed by atoms with Gasteiger partial charge in [0, 0.05) is 18.1 Å². The molecule has 0 amide bonds. The molecule has 0 unspecified atom stereocenters. The normalized spacial score (nSPS) is 10.6. The molecule has 15 heavy (non-hydrogen) atoms. The van der Waals surface area contributed by atoms with E-state index in [-0.39, 0.29) is 5.97 Å². The standard InChI is InChI=1S/C11H12N2O2/c1-7-4-10-12-5-9(11(14)15-3)8(2)13(10)6-7/h4-6H,1-3H3. The molecule has 0 aliphatic carbocycles. The van der Waals surface area contributed by atoms with E-state index >= 15 is 0 Å². The smallest absolute Gasteiger partial charge is 0.341 e. The topological polar surface area (TPSA) is 43.6 Å². The molecule has 4 nitrogen and oxygen atoms in total. The van der Waals surface area contributed by atoms with Crippen LogP contribution < -0.4 is 0 Å². The average Bonchev–Trinajstić information content (AvgIpc) is 2.59. The molecule has 0 aromatic carbocycles. The van der Waals surface area contributed by atoms with Gasteiger partial charge in [-0.1, -0.05) is 0 Å². The second kappa shape index (κ2) is 3.38. The molecule has 0 fully saturated rings. The summed E-state index contributed by atoms with van der Waals surface area (Å²) in [6.07, 6.45) is 3.50. The third-order valence-electron chi connectivity index (χ3n) is 2.42. The number of nitrogens with zero attached hydrogens (tertiary/aromatic N) is 2. The van der Waals surface area contributed by atoms with E-state index in [1.165, 1.54) is 7.11 Å². The highest BCUT2D eigenvalue weighted by Crippen LogP contribution is 2.13. The van der Waals surface area contributed by atoms with Gasteiger partial charge in [0.2, 0.25) is 0 Å². The maximum Gasteiger partial charge on any atom is 0.341 e. The molecule has 2 aromatic rings. The van der Waals surface area contributed by atoms with Gasteiger partial charge in [0.05, 0.1) is 12.7 Å². The minimum Gasteiger partial charge on any atom is -0.465 e. The molecule has 0 aliphatic heterocycles. The zero-order valence-electron chi connectivity index (χ0n) is 8.94. The van der Waals surface area contributed by atoms with Crippen molar-refractivity contribution in [2.24, 2.45) is 0 Å². The number of fused-ring (bicyclic) bond motifs is 1. The van der Waals surface area contributed by atoms with Gasteiger partial charge < -0.3 is 9.14 Å². The first-order valence-corrected chi connectivity index (χ1v) is 4.66. The molecule has 2 rings (SSSR count). The van der Waals surface area contributed by atoms with Crippen molar-refractivity contribution in [1.82, 2.24) is 9.38 Å². The maximum absolute atomic E-state index is 11.4. The molecule has 0 saturated carbocycles. The first kappa shape index (κ1) is 9.71. The number of ether oxygens (including phenoxy) is 1. The summed E-state index contributed by atoms with van der Waals surface area (Å²) < 4.78 is 6.57. The molecule has 78 valence electrons. The lowest BCUT2D eigenvalue weighted by Gasteiger charge is -2.05. The Morgan fingerprint density at radius 3 is 2.87 bits per heavy atom. The highest BCUT2D eigenvalue weighted by molar-refractivity contribution is 5.90. The van der Waals surface area contributed by atoms with Gasteiger partial charge in [0.25, 0.3) is 0 Å². The lowest BCUT2D eigenvalue weighted by molar-refractivity contribution is 0.0598. The molecule has 0 bridgehead atoms. The third-order valence-corrected chi connectivity index (χ3v) is 2.42. The van der Waals surface area contributed by atoms with Crippen LogP contribution in [0.2, 0.25) is 0 Å². The predicted octanol–water partition coefficient (Wildman–Crippen LogP) is 1.74. The monoisotopic (exact) mass is 204 g/mol. The SMILES string of the molecule is COC(=O)c1cnc2cc(C)cn2c1C. The third kappa shape index (κ3) is 1.48. The molecule has 0 N–H and O–H groups in total. The highest BCUT2D eigenvalue weighted by atomic mass is 16.5. The van der Waals surface area contributed by atoms with Crippen molar-refractivity contribution in [3.05, 3.63) is 35.3 Å². The van der Waals surface area contributed by atoms with E-state index in [1.54, 1.807) is 6.20 Å². The quantitative estimate of drug-likeness (QED) is 0.664. The summed E-state index contributed by atoms with van der Waals surface area (Å²) in [6, 6.07) is 1.97. The Balaban J connectivity index is 2.69. The van der Waals surface area contributed by atoms with Crippen LogP contribution in [0.25, 0.3) is 5.65 Å². The van der Waals surface area contributed by atoms with E-state index in [4.69, 9.17) is 0 Å². The highest BCUT2D eigenvalue weighted by Gasteiger charge is 2.12. The van der Waals surface area contributed by atoms with Crippen molar-refractivity contribution in [2.45, 2.75) is 13.8 Å². The van der Waals surface area contributed by atoms with Gasteiger partial charge in [0.15, 0.2) is 0 Å². The lowest BCUT2D eigenvalue weighted by atomic mass is 10.2. The summed E-state index contributed by atoms with van der Waals surface area (Å²) in [5.41, 5.74) is 3.31. The van der Waals surface area contributed by atoms with Crippen LogP contribution in [0, 0.1) is 13.8 Å². The largest absolute Gasteiger partial charge is 0.465 e. The zero-order chi connectivity index (χ0) is 11.0. The van der Waals surface area contributed by atoms with Gasteiger partial charge in [-0.25, -0.2) is 9.78 Å². The molecule has 0 radical (unpaired) electrons. The number of carbonyl (C=O) groups excluding carboxylic acids is 1. The fraction of sp³-hybridized carbons (Fsp3) is 0.273. The average molecular weight is 204 g/mol. The molecule has 4 heteroatoms.